The first-order valence-electron chi connectivity index (χ1n) is 6.20. The molecule has 0 spiro atoms. The third-order valence-electron chi connectivity index (χ3n) is 2.88. The van der Waals surface area contributed by atoms with Crippen LogP contribution in [0.1, 0.15) is 14.7 Å². The van der Waals surface area contributed by atoms with Gasteiger partial charge in [-0.05, 0) is 46.4 Å². The maximum Gasteiger partial charge on any atom is 0.266 e. The van der Waals surface area contributed by atoms with E-state index in [1.807, 2.05) is 48.0 Å². The van der Waals surface area contributed by atoms with E-state index in [2.05, 4.69) is 26.2 Å². The average molecular weight is 379 g/mol. The van der Waals surface area contributed by atoms with Gasteiger partial charge in [-0.1, -0.05) is 12.1 Å². The quantitative estimate of drug-likeness (QED) is 0.680. The molecule has 1 aromatic carbocycles. The van der Waals surface area contributed by atoms with Crippen LogP contribution in [-0.2, 0) is 0 Å². The Kier molecular flexibility index (Phi) is 4.19. The van der Waals surface area contributed by atoms with Crippen LogP contribution in [0.15, 0.2) is 45.6 Å². The lowest BCUT2D eigenvalue weighted by Crippen LogP contribution is -2.10. The third kappa shape index (κ3) is 3.23. The van der Waals surface area contributed by atoms with Crippen molar-refractivity contribution in [3.63, 3.8) is 0 Å². The largest absolute Gasteiger partial charge is 0.321 e. The minimum atomic E-state index is -0.103. The van der Waals surface area contributed by atoms with E-state index < -0.39 is 0 Å². The Morgan fingerprint density at radius 2 is 1.95 bits per heavy atom. The molecule has 1 amide bonds. The van der Waals surface area contributed by atoms with Gasteiger partial charge in [-0.25, -0.2) is 4.98 Å². The van der Waals surface area contributed by atoms with Gasteiger partial charge >= 0.3 is 0 Å². The van der Waals surface area contributed by atoms with Gasteiger partial charge in [0.25, 0.3) is 5.91 Å². The Balaban J connectivity index is 1.76. The fraction of sp³-hybridized carbons (Fsp3) is 0.0667. The maximum atomic E-state index is 12.1. The van der Waals surface area contributed by atoms with Gasteiger partial charge < -0.3 is 5.32 Å². The van der Waals surface area contributed by atoms with Crippen LogP contribution in [0.4, 0.5) is 5.69 Å². The number of halogens is 1. The van der Waals surface area contributed by atoms with Gasteiger partial charge in [0, 0.05) is 21.1 Å². The molecule has 6 heteroatoms. The fourth-order valence-corrected chi connectivity index (χ4v) is 3.93. The first-order chi connectivity index (χ1) is 10.1. The molecule has 0 aliphatic heterocycles. The third-order valence-corrected chi connectivity index (χ3v) is 5.49. The smallest absolute Gasteiger partial charge is 0.266 e. The number of rotatable bonds is 3. The highest BCUT2D eigenvalue weighted by atomic mass is 79.9. The van der Waals surface area contributed by atoms with E-state index in [0.29, 0.717) is 4.88 Å². The molecular weight excluding hydrogens is 368 g/mol. The van der Waals surface area contributed by atoms with Crippen molar-refractivity contribution in [3.8, 4) is 11.3 Å². The van der Waals surface area contributed by atoms with Gasteiger partial charge in [0.2, 0.25) is 0 Å². The van der Waals surface area contributed by atoms with E-state index in [4.69, 9.17) is 0 Å². The van der Waals surface area contributed by atoms with Crippen molar-refractivity contribution < 1.29 is 4.79 Å². The van der Waals surface area contributed by atoms with Crippen LogP contribution in [0.2, 0.25) is 0 Å². The second-order valence-electron chi connectivity index (χ2n) is 4.38. The molecule has 3 aromatic rings. The van der Waals surface area contributed by atoms with Gasteiger partial charge in [0.05, 0.1) is 10.7 Å². The summed E-state index contributed by atoms with van der Waals surface area (Å²) in [5, 5.41) is 7.85. The van der Waals surface area contributed by atoms with Crippen molar-refractivity contribution in [1.29, 1.82) is 0 Å². The van der Waals surface area contributed by atoms with Gasteiger partial charge in [-0.3, -0.25) is 4.79 Å². The maximum absolute atomic E-state index is 12.1. The highest BCUT2D eigenvalue weighted by molar-refractivity contribution is 9.10. The summed E-state index contributed by atoms with van der Waals surface area (Å²) in [6.07, 6.45) is 0. The Hall–Kier alpha value is -1.50. The van der Waals surface area contributed by atoms with Crippen LogP contribution in [0.25, 0.3) is 11.3 Å². The number of thiophene rings is 1. The Morgan fingerprint density at radius 3 is 2.52 bits per heavy atom. The number of anilines is 1. The number of carbonyl (C=O) groups is 1. The standard InChI is InChI=1S/C15H11BrN2OS2/c1-9-17-13(8-21-9)10-2-4-11(5-3-10)18-15(19)14-12(16)6-7-20-14/h2-8H,1H3,(H,18,19). The number of nitrogens with zero attached hydrogens (tertiary/aromatic N) is 1. The van der Waals surface area contributed by atoms with Crippen molar-refractivity contribution in [2.75, 3.05) is 5.32 Å². The van der Waals surface area contributed by atoms with E-state index in [-0.39, 0.29) is 5.91 Å². The van der Waals surface area contributed by atoms with E-state index in [0.717, 1.165) is 26.4 Å². The molecule has 0 aliphatic carbocycles. The molecule has 0 fully saturated rings. The molecule has 0 radical (unpaired) electrons. The van der Waals surface area contributed by atoms with Crippen molar-refractivity contribution in [2.24, 2.45) is 0 Å². The lowest BCUT2D eigenvalue weighted by Gasteiger charge is -2.05. The SMILES string of the molecule is Cc1nc(-c2ccc(NC(=O)c3sccc3Br)cc2)cs1. The van der Waals surface area contributed by atoms with Gasteiger partial charge in [0.1, 0.15) is 4.88 Å². The van der Waals surface area contributed by atoms with E-state index in [9.17, 15) is 4.79 Å². The Morgan fingerprint density at radius 1 is 1.19 bits per heavy atom. The van der Waals surface area contributed by atoms with Crippen LogP contribution >= 0.6 is 38.6 Å². The lowest BCUT2D eigenvalue weighted by atomic mass is 10.1. The summed E-state index contributed by atoms with van der Waals surface area (Å²) in [6.45, 7) is 1.99. The molecule has 0 atom stereocenters. The van der Waals surface area contributed by atoms with Gasteiger partial charge in [-0.15, -0.1) is 22.7 Å². The molecule has 3 nitrogen and oxygen atoms in total. The van der Waals surface area contributed by atoms with E-state index >= 15 is 0 Å². The van der Waals surface area contributed by atoms with E-state index in [1.54, 1.807) is 11.3 Å². The molecule has 0 aliphatic rings. The predicted molar refractivity (Wildman–Crippen MR) is 92.3 cm³/mol. The molecule has 1 N–H and O–H groups in total. The molecule has 106 valence electrons. The van der Waals surface area contributed by atoms with Crippen molar-refractivity contribution in [3.05, 3.63) is 55.4 Å². The van der Waals surface area contributed by atoms with Crippen LogP contribution < -0.4 is 5.32 Å². The van der Waals surface area contributed by atoms with Gasteiger partial charge in [-0.2, -0.15) is 0 Å². The second kappa shape index (κ2) is 6.09. The lowest BCUT2D eigenvalue weighted by molar-refractivity contribution is 0.103. The zero-order valence-corrected chi connectivity index (χ0v) is 14.3. The number of aryl methyl sites for hydroxylation is 1. The number of benzene rings is 1. The molecule has 2 aromatic heterocycles. The summed E-state index contributed by atoms with van der Waals surface area (Å²) in [5.74, 6) is -0.103. The molecule has 21 heavy (non-hydrogen) atoms. The van der Waals surface area contributed by atoms with E-state index in [1.165, 1.54) is 11.3 Å². The van der Waals surface area contributed by atoms with Crippen LogP contribution in [-0.4, -0.2) is 10.9 Å². The highest BCUT2D eigenvalue weighted by Gasteiger charge is 2.11. The molecule has 0 bridgehead atoms. The summed E-state index contributed by atoms with van der Waals surface area (Å²) in [5.41, 5.74) is 2.79. The topological polar surface area (TPSA) is 42.0 Å². The summed E-state index contributed by atoms with van der Waals surface area (Å²) in [7, 11) is 0. The monoisotopic (exact) mass is 378 g/mol. The van der Waals surface area contributed by atoms with Crippen molar-refractivity contribution >= 4 is 50.2 Å². The summed E-state index contributed by atoms with van der Waals surface area (Å²) < 4.78 is 0.819. The molecule has 0 saturated carbocycles. The number of hydrogen-bond acceptors (Lipinski definition) is 4. The Labute approximate surface area is 138 Å². The fourth-order valence-electron chi connectivity index (χ4n) is 1.86. The molecular formula is C15H11BrN2OS2. The molecule has 0 saturated heterocycles. The minimum Gasteiger partial charge on any atom is -0.321 e. The number of aromatic nitrogens is 1. The summed E-state index contributed by atoms with van der Waals surface area (Å²) in [4.78, 5) is 17.2. The first-order valence-corrected chi connectivity index (χ1v) is 8.75. The van der Waals surface area contributed by atoms with Crippen molar-refractivity contribution in [1.82, 2.24) is 4.98 Å². The number of hydrogen-bond donors (Lipinski definition) is 1. The zero-order valence-electron chi connectivity index (χ0n) is 11.1. The van der Waals surface area contributed by atoms with Crippen LogP contribution in [0.3, 0.4) is 0 Å². The Bertz CT molecular complexity index is 777. The second-order valence-corrected chi connectivity index (χ2v) is 7.21. The summed E-state index contributed by atoms with van der Waals surface area (Å²) >= 11 is 6.41. The molecule has 0 unspecified atom stereocenters. The molecule has 3 rings (SSSR count). The number of amides is 1. The number of carbonyl (C=O) groups excluding carboxylic acids is 1. The van der Waals surface area contributed by atoms with Crippen molar-refractivity contribution in [2.45, 2.75) is 6.92 Å². The van der Waals surface area contributed by atoms with Crippen LogP contribution in [0, 0.1) is 6.92 Å². The predicted octanol–water partition coefficient (Wildman–Crippen LogP) is 5.19. The minimum absolute atomic E-state index is 0.103. The average Bonchev–Trinajstić information content (AvgIpc) is 3.08. The molecule has 2 heterocycles. The summed E-state index contributed by atoms with van der Waals surface area (Å²) in [6, 6.07) is 9.58. The highest BCUT2D eigenvalue weighted by Crippen LogP contribution is 2.25. The van der Waals surface area contributed by atoms with Gasteiger partial charge in [0.15, 0.2) is 0 Å². The zero-order chi connectivity index (χ0) is 14.8. The first kappa shape index (κ1) is 14.4. The van der Waals surface area contributed by atoms with Crippen LogP contribution in [0.5, 0.6) is 0 Å². The normalized spacial score (nSPS) is 10.6. The number of thiazole rings is 1. The number of nitrogens with one attached hydrogen (secondary N) is 1.